The molecule has 0 saturated heterocycles. The Balaban J connectivity index is 1.49. The van der Waals surface area contributed by atoms with E-state index in [1.54, 1.807) is 0 Å². The summed E-state index contributed by atoms with van der Waals surface area (Å²) in [5.74, 6) is 7.21. The van der Waals surface area contributed by atoms with Gasteiger partial charge in [-0.05, 0) is 119 Å². The van der Waals surface area contributed by atoms with Crippen LogP contribution >= 0.6 is 0 Å². The Morgan fingerprint density at radius 1 is 0.571 bits per heavy atom. The number of fused-ring (bicyclic) bond motifs is 4. The summed E-state index contributed by atoms with van der Waals surface area (Å²) in [6.07, 6.45) is 18.6. The maximum atomic E-state index is 4.33. The summed E-state index contributed by atoms with van der Waals surface area (Å²) in [4.78, 5) is 0. The highest BCUT2D eigenvalue weighted by molar-refractivity contribution is 7.04. The monoisotopic (exact) mass is 693 g/mol. The third-order valence-corrected chi connectivity index (χ3v) is 26.9. The first-order valence-corrected chi connectivity index (χ1v) is 26.4. The Bertz CT molecular complexity index is 1330. The molecule has 0 radical (unpaired) electrons. The van der Waals surface area contributed by atoms with Crippen LogP contribution in [0.25, 0.3) is 0 Å². The van der Waals surface area contributed by atoms with E-state index in [1.165, 1.54) is 76.7 Å². The van der Waals surface area contributed by atoms with E-state index in [-0.39, 0.29) is 0 Å². The van der Waals surface area contributed by atoms with Crippen molar-refractivity contribution in [3.05, 3.63) is 73.3 Å². The Hall–Kier alpha value is -1.39. The Kier molecular flexibility index (Phi) is 9.95. The summed E-state index contributed by atoms with van der Waals surface area (Å²) < 4.78 is 0. The lowest BCUT2D eigenvalue weighted by Crippen LogP contribution is -2.67. The number of hydrogen-bond acceptors (Lipinski definition) is 0. The average molecular weight is 693 g/mol. The summed E-state index contributed by atoms with van der Waals surface area (Å²) in [6.45, 7) is 25.3. The van der Waals surface area contributed by atoms with E-state index in [2.05, 4.69) is 128 Å². The van der Waals surface area contributed by atoms with Gasteiger partial charge in [0.1, 0.15) is 8.07 Å². The lowest BCUT2D eigenvalue weighted by Gasteiger charge is -2.53. The Labute approximate surface area is 304 Å². The van der Waals surface area contributed by atoms with Gasteiger partial charge in [0.25, 0.3) is 0 Å². The van der Waals surface area contributed by atoms with E-state index in [9.17, 15) is 0 Å². The van der Waals surface area contributed by atoms with Crippen LogP contribution in [0.2, 0.25) is 35.8 Å². The second kappa shape index (κ2) is 13.5. The van der Waals surface area contributed by atoms with E-state index in [4.69, 9.17) is 0 Å². The largest absolute Gasteiger partial charge is 0.124 e. The molecule has 268 valence electrons. The van der Waals surface area contributed by atoms with Crippen molar-refractivity contribution in [1.29, 1.82) is 0 Å². The van der Waals surface area contributed by atoms with Gasteiger partial charge in [-0.25, -0.2) is 0 Å². The second-order valence-electron chi connectivity index (χ2n) is 21.1. The van der Waals surface area contributed by atoms with Crippen LogP contribution in [0.4, 0.5) is 0 Å². The predicted octanol–water partition coefficient (Wildman–Crippen LogP) is 12.6. The van der Waals surface area contributed by atoms with Gasteiger partial charge in [0, 0.05) is 0 Å². The molecule has 0 aliphatic heterocycles. The van der Waals surface area contributed by atoms with Gasteiger partial charge >= 0.3 is 0 Å². The van der Waals surface area contributed by atoms with Crippen molar-refractivity contribution in [2.24, 2.45) is 58.2 Å². The standard InChI is InChI=1S/C47H72Si2/c1-10-29-48(8,9)43-32-44(40-24-18-17-23-39(40)43)49(35-19-13-11-14-20-35,36-21-15-12-16-22-36)45-41-30-33(46(2,3)4)25-27-37(41)38-28-26-34(31-42(38)45)47(5,6)7/h10-16,19-22,33-34,37-45H,1,17-18,23-32H2,2-9H3. The maximum Gasteiger partial charge on any atom is 0.124 e. The predicted molar refractivity (Wildman–Crippen MR) is 219 cm³/mol. The second-order valence-corrected chi connectivity index (χ2v) is 30.5. The molecular formula is C47H72Si2. The van der Waals surface area contributed by atoms with Gasteiger partial charge in [-0.15, -0.1) is 6.58 Å². The van der Waals surface area contributed by atoms with E-state index in [0.29, 0.717) is 10.8 Å². The van der Waals surface area contributed by atoms with Crippen molar-refractivity contribution in [2.45, 2.75) is 148 Å². The van der Waals surface area contributed by atoms with Crippen LogP contribution in [0.5, 0.6) is 0 Å². The van der Waals surface area contributed by atoms with Crippen molar-refractivity contribution < 1.29 is 0 Å². The van der Waals surface area contributed by atoms with Gasteiger partial charge in [-0.2, -0.15) is 0 Å². The van der Waals surface area contributed by atoms with Crippen LogP contribution in [0.15, 0.2) is 73.3 Å². The maximum absolute atomic E-state index is 4.33. The molecule has 0 amide bonds. The van der Waals surface area contributed by atoms with Gasteiger partial charge in [-0.3, -0.25) is 0 Å². The summed E-state index contributed by atoms with van der Waals surface area (Å²) in [7, 11) is -3.81. The zero-order valence-electron chi connectivity index (χ0n) is 32.9. The summed E-state index contributed by atoms with van der Waals surface area (Å²) >= 11 is 0. The van der Waals surface area contributed by atoms with E-state index in [0.717, 1.165) is 64.0 Å². The molecule has 49 heavy (non-hydrogen) atoms. The molecule has 0 aromatic heterocycles. The molecule has 2 heteroatoms. The average Bonchev–Trinajstić information content (AvgIpc) is 3.63. The normalized spacial score (nSPS) is 36.9. The molecule has 5 aliphatic carbocycles. The van der Waals surface area contributed by atoms with E-state index < -0.39 is 16.1 Å². The minimum atomic E-state index is -2.33. The van der Waals surface area contributed by atoms with Crippen LogP contribution in [0.1, 0.15) is 112 Å². The van der Waals surface area contributed by atoms with Crippen molar-refractivity contribution in [2.75, 3.05) is 0 Å². The smallest absolute Gasteiger partial charge is 0.103 e. The highest BCUT2D eigenvalue weighted by atomic mass is 28.3. The van der Waals surface area contributed by atoms with Crippen LogP contribution in [0, 0.1) is 58.2 Å². The lowest BCUT2D eigenvalue weighted by molar-refractivity contribution is 0.0722. The molecule has 5 aliphatic rings. The van der Waals surface area contributed by atoms with Gasteiger partial charge < -0.3 is 0 Å². The molecule has 7 rings (SSSR count). The highest BCUT2D eigenvalue weighted by Crippen LogP contribution is 2.71. The number of allylic oxidation sites excluding steroid dienone is 1. The van der Waals surface area contributed by atoms with Crippen molar-refractivity contribution >= 4 is 26.5 Å². The van der Waals surface area contributed by atoms with Gasteiger partial charge in [-0.1, -0.05) is 164 Å². The number of benzene rings is 2. The fraction of sp³-hybridized carbons (Fsp3) is 0.702. The van der Waals surface area contributed by atoms with E-state index >= 15 is 0 Å². The first-order valence-electron chi connectivity index (χ1n) is 21.0. The summed E-state index contributed by atoms with van der Waals surface area (Å²) in [5, 5.41) is 3.64. The zero-order chi connectivity index (χ0) is 34.8. The van der Waals surface area contributed by atoms with Crippen molar-refractivity contribution in [3.8, 4) is 0 Å². The highest BCUT2D eigenvalue weighted by Gasteiger charge is 2.67. The molecule has 0 nitrogen and oxygen atoms in total. The molecule has 0 spiro atoms. The minimum absolute atomic E-state index is 0.397. The summed E-state index contributed by atoms with van der Waals surface area (Å²) in [5.41, 5.74) is 3.45. The van der Waals surface area contributed by atoms with Crippen LogP contribution in [0.3, 0.4) is 0 Å². The molecule has 5 fully saturated rings. The topological polar surface area (TPSA) is 0 Å². The molecular weight excluding hydrogens is 621 g/mol. The van der Waals surface area contributed by atoms with Crippen LogP contribution in [-0.4, -0.2) is 16.1 Å². The Morgan fingerprint density at radius 2 is 1.02 bits per heavy atom. The quantitative estimate of drug-likeness (QED) is 0.200. The van der Waals surface area contributed by atoms with Crippen LogP contribution < -0.4 is 10.4 Å². The number of hydrogen-bond donors (Lipinski definition) is 0. The molecule has 2 aromatic rings. The van der Waals surface area contributed by atoms with E-state index in [1.807, 2.05) is 10.4 Å². The van der Waals surface area contributed by atoms with Crippen molar-refractivity contribution in [3.63, 3.8) is 0 Å². The number of rotatable bonds is 7. The zero-order valence-corrected chi connectivity index (χ0v) is 34.9. The molecule has 0 heterocycles. The first-order chi connectivity index (χ1) is 23.3. The SMILES string of the molecule is C=CC[Si](C)(C)C1CC([Si](c2ccccc2)(c2ccccc2)C2C3CC(C(C)(C)C)CCC3C3CCC(C(C)(C)C)CC32)C2CCCCC21. The minimum Gasteiger partial charge on any atom is -0.103 e. The lowest BCUT2D eigenvalue weighted by atomic mass is 9.62. The van der Waals surface area contributed by atoms with Gasteiger partial charge in [0.05, 0.1) is 8.07 Å². The van der Waals surface area contributed by atoms with Gasteiger partial charge in [0.15, 0.2) is 0 Å². The Morgan fingerprint density at radius 3 is 1.45 bits per heavy atom. The third-order valence-electron chi connectivity index (χ3n) is 16.5. The van der Waals surface area contributed by atoms with Crippen LogP contribution in [-0.2, 0) is 0 Å². The first kappa shape index (κ1) is 36.0. The third kappa shape index (κ3) is 6.27. The van der Waals surface area contributed by atoms with Gasteiger partial charge in [0.2, 0.25) is 0 Å². The molecule has 0 bridgehead atoms. The summed E-state index contributed by atoms with van der Waals surface area (Å²) in [6, 6.07) is 26.5. The molecule has 0 N–H and O–H groups in total. The molecule has 5 saturated carbocycles. The molecule has 10 atom stereocenters. The van der Waals surface area contributed by atoms with Crippen molar-refractivity contribution in [1.82, 2.24) is 0 Å². The molecule has 2 aromatic carbocycles. The fourth-order valence-corrected chi connectivity index (χ4v) is 25.8. The molecule has 10 unspecified atom stereocenters. The fourth-order valence-electron chi connectivity index (χ4n) is 14.3.